The van der Waals surface area contributed by atoms with Crippen LogP contribution < -0.4 is 10.6 Å². The molecule has 4 nitrogen and oxygen atoms in total. The molecular formula is C26H18Cl4F4N2O2. The summed E-state index contributed by atoms with van der Waals surface area (Å²) in [6.07, 6.45) is -4.71. The number of rotatable bonds is 5. The molecule has 1 fully saturated rings. The Morgan fingerprint density at radius 1 is 0.921 bits per heavy atom. The zero-order valence-corrected chi connectivity index (χ0v) is 22.6. The van der Waals surface area contributed by atoms with Gasteiger partial charge in [0.15, 0.2) is 0 Å². The molecule has 38 heavy (non-hydrogen) atoms. The van der Waals surface area contributed by atoms with E-state index in [-0.39, 0.29) is 27.4 Å². The number of alkyl halides is 5. The van der Waals surface area contributed by atoms with Crippen molar-refractivity contribution in [3.05, 3.63) is 92.2 Å². The third-order valence-electron chi connectivity index (χ3n) is 6.19. The summed E-state index contributed by atoms with van der Waals surface area (Å²) in [5, 5.41) is 4.87. The van der Waals surface area contributed by atoms with Crippen LogP contribution in [0, 0.1) is 25.6 Å². The van der Waals surface area contributed by atoms with Gasteiger partial charge in [0.1, 0.15) is 10.2 Å². The third kappa shape index (κ3) is 5.59. The van der Waals surface area contributed by atoms with Crippen molar-refractivity contribution in [1.29, 1.82) is 0 Å². The van der Waals surface area contributed by atoms with Crippen LogP contribution in [0.4, 0.5) is 28.9 Å². The first kappa shape index (κ1) is 28.5. The minimum absolute atomic E-state index is 0.0201. The highest BCUT2D eigenvalue weighted by Gasteiger charge is 2.67. The van der Waals surface area contributed by atoms with Crippen LogP contribution >= 0.6 is 46.4 Å². The summed E-state index contributed by atoms with van der Waals surface area (Å²) < 4.78 is 52.1. The summed E-state index contributed by atoms with van der Waals surface area (Å²) in [6, 6.07) is 10.3. The van der Waals surface area contributed by atoms with Gasteiger partial charge >= 0.3 is 6.18 Å². The predicted octanol–water partition coefficient (Wildman–Crippen LogP) is 8.55. The molecule has 0 saturated heterocycles. The van der Waals surface area contributed by atoms with Gasteiger partial charge in [-0.2, -0.15) is 13.2 Å². The van der Waals surface area contributed by atoms with Gasteiger partial charge in [0, 0.05) is 17.3 Å². The Morgan fingerprint density at radius 2 is 1.61 bits per heavy atom. The Bertz CT molecular complexity index is 1460. The topological polar surface area (TPSA) is 58.2 Å². The molecule has 2 unspecified atom stereocenters. The van der Waals surface area contributed by atoms with E-state index in [1.807, 2.05) is 0 Å². The summed E-state index contributed by atoms with van der Waals surface area (Å²) in [6.45, 7) is 3.03. The van der Waals surface area contributed by atoms with Crippen molar-refractivity contribution >= 4 is 69.6 Å². The van der Waals surface area contributed by atoms with Crippen LogP contribution in [0.3, 0.4) is 0 Å². The number of amides is 2. The fourth-order valence-corrected chi connectivity index (χ4v) is 5.45. The van der Waals surface area contributed by atoms with Crippen molar-refractivity contribution in [3.8, 4) is 0 Å². The van der Waals surface area contributed by atoms with Gasteiger partial charge in [-0.15, -0.1) is 23.2 Å². The molecule has 2 N–H and O–H groups in total. The molecule has 2 amide bonds. The summed E-state index contributed by atoms with van der Waals surface area (Å²) in [5.74, 6) is -3.74. The largest absolute Gasteiger partial charge is 0.417 e. The first-order chi connectivity index (χ1) is 17.6. The number of hydrogen-bond acceptors (Lipinski definition) is 2. The average Bonchev–Trinajstić information content (AvgIpc) is 3.39. The van der Waals surface area contributed by atoms with Crippen molar-refractivity contribution in [2.75, 3.05) is 10.6 Å². The zero-order valence-electron chi connectivity index (χ0n) is 19.6. The first-order valence-corrected chi connectivity index (χ1v) is 12.6. The van der Waals surface area contributed by atoms with E-state index in [2.05, 4.69) is 10.6 Å². The summed E-state index contributed by atoms with van der Waals surface area (Å²) in [7, 11) is 0. The summed E-state index contributed by atoms with van der Waals surface area (Å²) in [4.78, 5) is 25.9. The van der Waals surface area contributed by atoms with Crippen LogP contribution in [0.25, 0.3) is 0 Å². The molecule has 0 aliphatic heterocycles. The van der Waals surface area contributed by atoms with Crippen LogP contribution in [0.15, 0.2) is 48.5 Å². The van der Waals surface area contributed by atoms with Crippen molar-refractivity contribution in [2.45, 2.75) is 30.3 Å². The van der Waals surface area contributed by atoms with Gasteiger partial charge in [-0.05, 0) is 73.0 Å². The van der Waals surface area contributed by atoms with Crippen molar-refractivity contribution < 1.29 is 27.2 Å². The van der Waals surface area contributed by atoms with Crippen LogP contribution in [0.1, 0.15) is 38.5 Å². The fourth-order valence-electron chi connectivity index (χ4n) is 4.21. The van der Waals surface area contributed by atoms with E-state index in [1.165, 1.54) is 49.4 Å². The van der Waals surface area contributed by atoms with Crippen LogP contribution in [-0.4, -0.2) is 16.1 Å². The van der Waals surface area contributed by atoms with Gasteiger partial charge in [0.05, 0.1) is 27.1 Å². The molecule has 0 radical (unpaired) electrons. The molecule has 0 spiro atoms. The number of nitrogens with one attached hydrogen (secondary N) is 2. The van der Waals surface area contributed by atoms with Gasteiger partial charge in [-0.1, -0.05) is 29.3 Å². The Balaban J connectivity index is 1.55. The van der Waals surface area contributed by atoms with E-state index in [9.17, 15) is 27.2 Å². The van der Waals surface area contributed by atoms with Gasteiger partial charge < -0.3 is 10.6 Å². The number of carbonyl (C=O) groups is 2. The maximum atomic E-state index is 13.5. The molecule has 1 saturated carbocycles. The van der Waals surface area contributed by atoms with Crippen LogP contribution in [0.5, 0.6) is 0 Å². The van der Waals surface area contributed by atoms with Crippen LogP contribution in [-0.2, 0) is 11.0 Å². The maximum Gasteiger partial charge on any atom is 0.417 e. The van der Waals surface area contributed by atoms with E-state index in [4.69, 9.17) is 46.4 Å². The molecule has 0 heterocycles. The van der Waals surface area contributed by atoms with E-state index in [0.717, 1.165) is 6.07 Å². The second kappa shape index (κ2) is 10.2. The van der Waals surface area contributed by atoms with E-state index < -0.39 is 50.6 Å². The van der Waals surface area contributed by atoms with E-state index in [0.29, 0.717) is 11.3 Å². The monoisotopic (exact) mass is 606 g/mol. The highest BCUT2D eigenvalue weighted by Crippen LogP contribution is 2.65. The normalized spacial score (nSPS) is 18.2. The lowest BCUT2D eigenvalue weighted by molar-refractivity contribution is -0.137. The van der Waals surface area contributed by atoms with Gasteiger partial charge in [-0.25, -0.2) is 4.39 Å². The second-order valence-corrected chi connectivity index (χ2v) is 11.2. The summed E-state index contributed by atoms with van der Waals surface area (Å²) >= 11 is 24.7. The molecule has 200 valence electrons. The molecule has 0 aromatic heterocycles. The quantitative estimate of drug-likeness (QED) is 0.225. The third-order valence-corrected chi connectivity index (χ3v) is 7.96. The van der Waals surface area contributed by atoms with Crippen molar-refractivity contribution in [1.82, 2.24) is 0 Å². The Kier molecular flexibility index (Phi) is 7.67. The molecule has 12 heteroatoms. The van der Waals surface area contributed by atoms with Crippen LogP contribution in [0.2, 0.25) is 10.0 Å². The van der Waals surface area contributed by atoms with E-state index in [1.54, 1.807) is 6.92 Å². The molecule has 3 aromatic rings. The standard InChI is InChI=1S/C26H18Cl4F4N2O2/c1-11-8-14(31)3-6-19(11)36-23(37)16-10-15(4-5-18(16)27)35-24(38)21-20(25(21,29)30)13-7-12(2)22(28)17(9-13)26(32,33)34/h3-10,20-21H,1-2H3,(H,35,38)(H,36,37). The van der Waals surface area contributed by atoms with Crippen molar-refractivity contribution in [3.63, 3.8) is 0 Å². The highest BCUT2D eigenvalue weighted by molar-refractivity contribution is 6.53. The molecule has 1 aliphatic carbocycles. The molecule has 2 atom stereocenters. The number of benzene rings is 3. The number of hydrogen-bond donors (Lipinski definition) is 2. The smallest absolute Gasteiger partial charge is 0.326 e. The number of anilines is 2. The fraction of sp³-hybridized carbons (Fsp3) is 0.231. The highest BCUT2D eigenvalue weighted by atomic mass is 35.5. The second-order valence-electron chi connectivity index (χ2n) is 8.92. The average molecular weight is 608 g/mol. The Morgan fingerprint density at radius 3 is 2.24 bits per heavy atom. The lowest BCUT2D eigenvalue weighted by Gasteiger charge is -2.14. The zero-order chi connectivity index (χ0) is 28.2. The van der Waals surface area contributed by atoms with Gasteiger partial charge in [0.25, 0.3) is 5.91 Å². The number of carbonyl (C=O) groups excluding carboxylic acids is 2. The lowest BCUT2D eigenvalue weighted by Crippen LogP contribution is -2.18. The minimum Gasteiger partial charge on any atom is -0.326 e. The molecule has 1 aliphatic rings. The molecular weight excluding hydrogens is 590 g/mol. The number of aryl methyl sites for hydroxylation is 2. The van der Waals surface area contributed by atoms with E-state index >= 15 is 0 Å². The first-order valence-electron chi connectivity index (χ1n) is 11.0. The summed E-state index contributed by atoms with van der Waals surface area (Å²) in [5.41, 5.74) is 0.296. The maximum absolute atomic E-state index is 13.5. The Labute approximate surface area is 235 Å². The molecule has 3 aromatic carbocycles. The van der Waals surface area contributed by atoms with Gasteiger partial charge in [-0.3, -0.25) is 9.59 Å². The minimum atomic E-state index is -4.71. The lowest BCUT2D eigenvalue weighted by atomic mass is 10.0. The van der Waals surface area contributed by atoms with Crippen molar-refractivity contribution in [2.24, 2.45) is 5.92 Å². The molecule has 0 bridgehead atoms. The Hall–Kier alpha value is -2.52. The number of halogens is 8. The molecule has 4 rings (SSSR count). The predicted molar refractivity (Wildman–Crippen MR) is 141 cm³/mol. The SMILES string of the molecule is Cc1cc(F)ccc1NC(=O)c1cc(NC(=O)C2C(c3cc(C)c(Cl)c(C(F)(F)F)c3)C2(Cl)Cl)ccc1Cl. The van der Waals surface area contributed by atoms with Gasteiger partial charge in [0.2, 0.25) is 5.91 Å².